The van der Waals surface area contributed by atoms with E-state index < -0.39 is 0 Å². The van der Waals surface area contributed by atoms with Crippen LogP contribution in [-0.4, -0.2) is 119 Å². The first-order chi connectivity index (χ1) is 24.9. The van der Waals surface area contributed by atoms with E-state index in [-0.39, 0.29) is 19.6 Å². The summed E-state index contributed by atoms with van der Waals surface area (Å²) in [7, 11) is 0. The van der Waals surface area contributed by atoms with E-state index in [2.05, 4.69) is 44.9 Å². The fourth-order valence-corrected chi connectivity index (χ4v) is 8.93. The third kappa shape index (κ3) is 11.5. The van der Waals surface area contributed by atoms with E-state index >= 15 is 0 Å². The molecule has 0 saturated carbocycles. The van der Waals surface area contributed by atoms with Gasteiger partial charge >= 0.3 is 12.2 Å². The number of hydrogen-bond donors (Lipinski definition) is 0. The lowest BCUT2D eigenvalue weighted by Crippen LogP contribution is -2.42. The average molecular weight is 741 g/mol. The standard InChI is InChI=1S/C21H33N3O2.C19H28ClN3O2.CH4/c1-3-20-19(8-5-12-22-20)17-9-14-23(15-10-17)18-7-6-13-24(16-11-18)21(25)26-4-2;1-2-25-19(24)23-11-4-5-16(9-14-23)22-12-7-15(8-13-22)17-6-3-10-21-18(17)20;/h5,8,12,17-18H,3-4,6-7,9-11,13-16H2,1-2H3;3,6,10,15-16H,2,4-5,7-9,11-14H2,1H3;1H4. The van der Waals surface area contributed by atoms with Gasteiger partial charge in [0.05, 0.1) is 13.2 Å². The molecule has 4 fully saturated rings. The average Bonchev–Trinajstić information content (AvgIpc) is 3.58. The molecule has 4 saturated heterocycles. The van der Waals surface area contributed by atoms with Crippen LogP contribution in [0.3, 0.4) is 0 Å². The first-order valence-corrected chi connectivity index (χ1v) is 20.1. The van der Waals surface area contributed by atoms with E-state index in [0.717, 1.165) is 104 Å². The summed E-state index contributed by atoms with van der Waals surface area (Å²) in [6, 6.07) is 9.62. The zero-order chi connectivity index (χ0) is 36.0. The van der Waals surface area contributed by atoms with Gasteiger partial charge < -0.3 is 29.1 Å². The SMILES string of the molecule is C.CCOC(=O)N1CCCC(N2CCC(c3cccnc3CC)CC2)CC1.CCOC(=O)N1CCCC(N2CCC(c3cccnc3Cl)CC2)CC1. The molecule has 4 aliphatic rings. The van der Waals surface area contributed by atoms with Crippen molar-refractivity contribution >= 4 is 23.8 Å². The molecule has 6 rings (SSSR count). The highest BCUT2D eigenvalue weighted by Gasteiger charge is 2.31. The second-order valence-corrected chi connectivity index (χ2v) is 14.8. The van der Waals surface area contributed by atoms with Crippen LogP contribution in [0.2, 0.25) is 5.15 Å². The van der Waals surface area contributed by atoms with Gasteiger partial charge in [-0.2, -0.15) is 0 Å². The van der Waals surface area contributed by atoms with Crippen molar-refractivity contribution in [2.45, 2.75) is 123 Å². The van der Waals surface area contributed by atoms with Crippen molar-refractivity contribution in [1.82, 2.24) is 29.6 Å². The zero-order valence-corrected chi connectivity index (χ0v) is 32.1. The Balaban J connectivity index is 0.000000228. The Morgan fingerprint density at radius 1 is 0.654 bits per heavy atom. The number of aryl methyl sites for hydroxylation is 1. The molecule has 2 amide bonds. The first kappa shape index (κ1) is 41.8. The Bertz CT molecular complexity index is 1370. The van der Waals surface area contributed by atoms with E-state index in [1.807, 2.05) is 35.9 Å². The number of aromatic nitrogens is 2. The van der Waals surface area contributed by atoms with Crippen molar-refractivity contribution in [3.63, 3.8) is 0 Å². The number of carbonyl (C=O) groups excluding carboxylic acids is 2. The van der Waals surface area contributed by atoms with E-state index in [1.165, 1.54) is 36.1 Å². The van der Waals surface area contributed by atoms with Crippen molar-refractivity contribution in [1.29, 1.82) is 0 Å². The maximum atomic E-state index is 12.0. The van der Waals surface area contributed by atoms with Crippen LogP contribution in [0.25, 0.3) is 0 Å². The molecule has 11 heteroatoms. The second-order valence-electron chi connectivity index (χ2n) is 14.4. The maximum absolute atomic E-state index is 12.0. The van der Waals surface area contributed by atoms with Crippen LogP contribution in [-0.2, 0) is 15.9 Å². The van der Waals surface area contributed by atoms with Gasteiger partial charge in [-0.3, -0.25) is 4.98 Å². The molecule has 0 aliphatic carbocycles. The van der Waals surface area contributed by atoms with Crippen LogP contribution >= 0.6 is 11.6 Å². The van der Waals surface area contributed by atoms with Crippen LogP contribution in [0.1, 0.15) is 121 Å². The molecule has 0 spiro atoms. The molecule has 4 aliphatic heterocycles. The summed E-state index contributed by atoms with van der Waals surface area (Å²) in [4.78, 5) is 41.7. The predicted molar refractivity (Wildman–Crippen MR) is 209 cm³/mol. The number of halogens is 1. The highest BCUT2D eigenvalue weighted by molar-refractivity contribution is 6.30. The van der Waals surface area contributed by atoms with E-state index in [1.54, 1.807) is 6.20 Å². The minimum atomic E-state index is -0.159. The lowest BCUT2D eigenvalue weighted by molar-refractivity contribution is 0.104. The van der Waals surface area contributed by atoms with Crippen molar-refractivity contribution in [2.75, 3.05) is 65.6 Å². The number of amides is 2. The van der Waals surface area contributed by atoms with E-state index in [0.29, 0.717) is 42.3 Å². The van der Waals surface area contributed by atoms with E-state index in [4.69, 9.17) is 21.1 Å². The highest BCUT2D eigenvalue weighted by atomic mass is 35.5. The summed E-state index contributed by atoms with van der Waals surface area (Å²) in [5.41, 5.74) is 3.92. The Hall–Kier alpha value is -2.95. The Morgan fingerprint density at radius 2 is 1.12 bits per heavy atom. The summed E-state index contributed by atoms with van der Waals surface area (Å²) < 4.78 is 10.3. The Morgan fingerprint density at radius 3 is 1.58 bits per heavy atom. The molecule has 2 unspecified atom stereocenters. The normalized spacial score (nSPS) is 22.6. The topological polar surface area (TPSA) is 91.3 Å². The van der Waals surface area contributed by atoms with Gasteiger partial charge in [-0.15, -0.1) is 0 Å². The van der Waals surface area contributed by atoms with Crippen LogP contribution in [0.4, 0.5) is 9.59 Å². The molecule has 6 heterocycles. The monoisotopic (exact) mass is 740 g/mol. The van der Waals surface area contributed by atoms with Crippen molar-refractivity contribution in [3.05, 3.63) is 58.6 Å². The molecule has 52 heavy (non-hydrogen) atoms. The smallest absolute Gasteiger partial charge is 0.409 e. The highest BCUT2D eigenvalue weighted by Crippen LogP contribution is 2.34. The number of nitrogens with zero attached hydrogens (tertiary/aromatic N) is 6. The van der Waals surface area contributed by atoms with Crippen LogP contribution in [0.5, 0.6) is 0 Å². The maximum Gasteiger partial charge on any atom is 0.409 e. The second kappa shape index (κ2) is 21.7. The number of rotatable bonds is 7. The summed E-state index contributed by atoms with van der Waals surface area (Å²) in [6.07, 6.45) is 15.7. The first-order valence-electron chi connectivity index (χ1n) is 19.8. The van der Waals surface area contributed by atoms with Crippen LogP contribution in [0, 0.1) is 0 Å². The molecule has 0 aromatic carbocycles. The van der Waals surface area contributed by atoms with Gasteiger partial charge in [-0.25, -0.2) is 14.6 Å². The summed E-state index contributed by atoms with van der Waals surface area (Å²) in [5.74, 6) is 1.16. The lowest BCUT2D eigenvalue weighted by atomic mass is 9.87. The van der Waals surface area contributed by atoms with Gasteiger partial charge in [-0.1, -0.05) is 38.1 Å². The molecule has 0 radical (unpaired) electrons. The van der Waals surface area contributed by atoms with Gasteiger partial charge in [-0.05, 0) is 146 Å². The number of likely N-dealkylation sites (tertiary alicyclic amines) is 4. The summed E-state index contributed by atoms with van der Waals surface area (Å²) in [6.45, 7) is 14.6. The number of hydrogen-bond acceptors (Lipinski definition) is 8. The molecular formula is C41H65ClN6O4. The molecule has 0 N–H and O–H groups in total. The molecule has 2 aromatic heterocycles. The van der Waals surface area contributed by atoms with Crippen LogP contribution < -0.4 is 0 Å². The van der Waals surface area contributed by atoms with Crippen molar-refractivity contribution in [3.8, 4) is 0 Å². The predicted octanol–water partition coefficient (Wildman–Crippen LogP) is 8.40. The van der Waals surface area contributed by atoms with Crippen molar-refractivity contribution < 1.29 is 19.1 Å². The van der Waals surface area contributed by atoms with E-state index in [9.17, 15) is 9.59 Å². The number of piperidine rings is 2. The lowest BCUT2D eigenvalue weighted by Gasteiger charge is -2.37. The molecule has 2 aromatic rings. The van der Waals surface area contributed by atoms with Gasteiger partial charge in [0.2, 0.25) is 0 Å². The molecule has 2 atom stereocenters. The van der Waals surface area contributed by atoms with Gasteiger partial charge in [0.15, 0.2) is 0 Å². The molecular weight excluding hydrogens is 676 g/mol. The third-order valence-electron chi connectivity index (χ3n) is 11.5. The molecule has 290 valence electrons. The Kier molecular flexibility index (Phi) is 17.4. The van der Waals surface area contributed by atoms with Gasteiger partial charge in [0.1, 0.15) is 5.15 Å². The van der Waals surface area contributed by atoms with Crippen molar-refractivity contribution in [2.24, 2.45) is 0 Å². The largest absolute Gasteiger partial charge is 0.450 e. The third-order valence-corrected chi connectivity index (χ3v) is 11.8. The fraction of sp³-hybridized carbons (Fsp3) is 0.707. The quantitative estimate of drug-likeness (QED) is 0.262. The number of carbonyl (C=O) groups is 2. The minimum absolute atomic E-state index is 0. The summed E-state index contributed by atoms with van der Waals surface area (Å²) >= 11 is 6.26. The number of pyridine rings is 2. The van der Waals surface area contributed by atoms with Crippen LogP contribution in [0.15, 0.2) is 36.7 Å². The zero-order valence-electron chi connectivity index (χ0n) is 31.3. The Labute approximate surface area is 318 Å². The van der Waals surface area contributed by atoms with Gasteiger partial charge in [0.25, 0.3) is 0 Å². The number of ether oxygens (including phenoxy) is 2. The fourth-order valence-electron chi connectivity index (χ4n) is 8.65. The van der Waals surface area contributed by atoms with Gasteiger partial charge in [0, 0.05) is 56.4 Å². The molecule has 10 nitrogen and oxygen atoms in total. The minimum Gasteiger partial charge on any atom is -0.450 e. The summed E-state index contributed by atoms with van der Waals surface area (Å²) in [5, 5.41) is 0.653. The molecule has 0 bridgehead atoms.